The van der Waals surface area contributed by atoms with Crippen molar-refractivity contribution in [2.45, 2.75) is 65.5 Å². The normalized spacial score (nSPS) is 13.2. The van der Waals surface area contributed by atoms with Crippen molar-refractivity contribution in [2.24, 2.45) is 7.05 Å². The Morgan fingerprint density at radius 2 is 1.73 bits per heavy atom. The van der Waals surface area contributed by atoms with Crippen LogP contribution >= 0.6 is 11.6 Å². The standard InChI is InChI=1S/C33H37ClN2O4/c1-19(22-11-14-25(15-12-22)33(4,5)6)35-31(37)24-13-16-26-27(20(2)36(7)28(26)18-24)17-23-9-8-10-29(30(23)34)40-21(3)32(38)39/h8-16,18-19,21H,17H2,1-7H3,(H,35,37)(H,38,39)/t19-,21+/m0/s1. The van der Waals surface area contributed by atoms with E-state index in [1.165, 1.54) is 12.5 Å². The second-order valence-electron chi connectivity index (χ2n) is 11.4. The SMILES string of the molecule is Cc1c(Cc2cccc(O[C@H](C)C(=O)O)c2Cl)c2ccc(C(=O)N[C@@H](C)c3ccc(C(C)(C)C)cc3)cc2n1C. The Kier molecular flexibility index (Phi) is 8.31. The number of nitrogens with zero attached hydrogens (tertiary/aromatic N) is 1. The summed E-state index contributed by atoms with van der Waals surface area (Å²) in [7, 11) is 1.98. The number of ether oxygens (including phenoxy) is 1. The summed E-state index contributed by atoms with van der Waals surface area (Å²) in [5.74, 6) is -0.845. The highest BCUT2D eigenvalue weighted by atomic mass is 35.5. The summed E-state index contributed by atoms with van der Waals surface area (Å²) in [5.41, 5.74) is 6.90. The number of rotatable bonds is 8. The molecule has 0 aliphatic rings. The predicted molar refractivity (Wildman–Crippen MR) is 161 cm³/mol. The van der Waals surface area contributed by atoms with Crippen LogP contribution in [0.15, 0.2) is 60.7 Å². The van der Waals surface area contributed by atoms with Gasteiger partial charge in [-0.15, -0.1) is 0 Å². The van der Waals surface area contributed by atoms with Gasteiger partial charge in [-0.05, 0) is 66.6 Å². The summed E-state index contributed by atoms with van der Waals surface area (Å²) in [5, 5.41) is 13.8. The van der Waals surface area contributed by atoms with Crippen molar-refractivity contribution in [1.29, 1.82) is 0 Å². The van der Waals surface area contributed by atoms with E-state index in [9.17, 15) is 14.7 Å². The quantitative estimate of drug-likeness (QED) is 0.236. The average Bonchev–Trinajstić information content (AvgIpc) is 3.14. The third kappa shape index (κ3) is 6.02. The van der Waals surface area contributed by atoms with Gasteiger partial charge in [-0.2, -0.15) is 0 Å². The molecule has 0 saturated carbocycles. The summed E-state index contributed by atoms with van der Waals surface area (Å²) < 4.78 is 7.63. The number of aromatic nitrogens is 1. The Morgan fingerprint density at radius 3 is 2.35 bits per heavy atom. The molecule has 1 heterocycles. The zero-order valence-corrected chi connectivity index (χ0v) is 24.9. The molecule has 40 heavy (non-hydrogen) atoms. The minimum absolute atomic E-state index is 0.0767. The van der Waals surface area contributed by atoms with Crippen LogP contribution in [0.4, 0.5) is 0 Å². The Balaban J connectivity index is 1.57. The highest BCUT2D eigenvalue weighted by Gasteiger charge is 2.20. The van der Waals surface area contributed by atoms with E-state index in [0.29, 0.717) is 22.8 Å². The number of carboxylic acids is 1. The lowest BCUT2D eigenvalue weighted by atomic mass is 9.86. The topological polar surface area (TPSA) is 80.6 Å². The molecule has 4 rings (SSSR count). The molecule has 0 unspecified atom stereocenters. The summed E-state index contributed by atoms with van der Waals surface area (Å²) in [6.07, 6.45) is -0.476. The Bertz CT molecular complexity index is 1560. The first kappa shape index (κ1) is 29.2. The Hall–Kier alpha value is -3.77. The average molecular weight is 561 g/mol. The highest BCUT2D eigenvalue weighted by Crippen LogP contribution is 2.34. The number of hydrogen-bond acceptors (Lipinski definition) is 3. The van der Waals surface area contributed by atoms with Crippen LogP contribution in [0, 0.1) is 6.92 Å². The number of halogens is 1. The van der Waals surface area contributed by atoms with Crippen LogP contribution in [0.3, 0.4) is 0 Å². The van der Waals surface area contributed by atoms with E-state index < -0.39 is 12.1 Å². The Morgan fingerprint density at radius 1 is 1.05 bits per heavy atom. The number of carboxylic acid groups (broad SMARTS) is 1. The molecule has 0 aliphatic carbocycles. The third-order valence-electron chi connectivity index (χ3n) is 7.57. The van der Waals surface area contributed by atoms with Crippen molar-refractivity contribution in [1.82, 2.24) is 9.88 Å². The van der Waals surface area contributed by atoms with Crippen LogP contribution in [0.1, 0.15) is 79.0 Å². The molecular formula is C33H37ClN2O4. The first-order valence-electron chi connectivity index (χ1n) is 13.4. The number of nitrogens with one attached hydrogen (secondary N) is 1. The van der Waals surface area contributed by atoms with Gasteiger partial charge < -0.3 is 19.7 Å². The molecule has 7 heteroatoms. The smallest absolute Gasteiger partial charge is 0.344 e. The molecule has 0 radical (unpaired) electrons. The molecule has 6 nitrogen and oxygen atoms in total. The molecule has 0 spiro atoms. The van der Waals surface area contributed by atoms with Gasteiger partial charge in [-0.25, -0.2) is 4.79 Å². The van der Waals surface area contributed by atoms with E-state index in [4.69, 9.17) is 16.3 Å². The second-order valence-corrected chi connectivity index (χ2v) is 11.8. The maximum absolute atomic E-state index is 13.2. The molecular weight excluding hydrogens is 524 g/mol. The molecule has 0 aliphatic heterocycles. The number of carbonyl (C=O) groups is 2. The zero-order valence-electron chi connectivity index (χ0n) is 24.1. The van der Waals surface area contributed by atoms with Crippen molar-refractivity contribution in [3.8, 4) is 5.75 Å². The second kappa shape index (κ2) is 11.4. The van der Waals surface area contributed by atoms with E-state index >= 15 is 0 Å². The van der Waals surface area contributed by atoms with Crippen LogP contribution < -0.4 is 10.1 Å². The molecule has 0 saturated heterocycles. The zero-order chi connectivity index (χ0) is 29.4. The van der Waals surface area contributed by atoms with Crippen molar-refractivity contribution < 1.29 is 19.4 Å². The first-order chi connectivity index (χ1) is 18.8. The molecule has 210 valence electrons. The minimum atomic E-state index is -1.06. The number of carbonyl (C=O) groups excluding carboxylic acids is 1. The van der Waals surface area contributed by atoms with Gasteiger partial charge in [0.2, 0.25) is 0 Å². The van der Waals surface area contributed by atoms with Crippen molar-refractivity contribution >= 4 is 34.4 Å². The van der Waals surface area contributed by atoms with E-state index in [2.05, 4.69) is 54.9 Å². The molecule has 0 bridgehead atoms. The van der Waals surface area contributed by atoms with Gasteiger partial charge in [0.1, 0.15) is 5.75 Å². The van der Waals surface area contributed by atoms with E-state index in [0.717, 1.165) is 33.3 Å². The summed E-state index contributed by atoms with van der Waals surface area (Å²) in [6, 6.07) is 19.4. The summed E-state index contributed by atoms with van der Waals surface area (Å²) in [6.45, 7) is 12.1. The van der Waals surface area contributed by atoms with E-state index in [1.807, 2.05) is 51.2 Å². The summed E-state index contributed by atoms with van der Waals surface area (Å²) in [4.78, 5) is 24.5. The predicted octanol–water partition coefficient (Wildman–Crippen LogP) is 7.37. The summed E-state index contributed by atoms with van der Waals surface area (Å²) >= 11 is 6.64. The lowest BCUT2D eigenvalue weighted by molar-refractivity contribution is -0.144. The third-order valence-corrected chi connectivity index (χ3v) is 8.00. The van der Waals surface area contributed by atoms with Crippen LogP contribution in [-0.2, 0) is 23.7 Å². The van der Waals surface area contributed by atoms with Crippen LogP contribution in [0.5, 0.6) is 5.75 Å². The number of amides is 1. The van der Waals surface area contributed by atoms with Crippen LogP contribution in [0.2, 0.25) is 5.02 Å². The monoisotopic (exact) mass is 560 g/mol. The van der Waals surface area contributed by atoms with Gasteiger partial charge >= 0.3 is 5.97 Å². The molecule has 3 aromatic carbocycles. The lowest BCUT2D eigenvalue weighted by Crippen LogP contribution is -2.26. The minimum Gasteiger partial charge on any atom is -0.479 e. The van der Waals surface area contributed by atoms with Gasteiger partial charge in [0, 0.05) is 35.6 Å². The van der Waals surface area contributed by atoms with Crippen molar-refractivity contribution in [3.05, 3.63) is 99.2 Å². The van der Waals surface area contributed by atoms with Gasteiger partial charge in [0.05, 0.1) is 11.1 Å². The van der Waals surface area contributed by atoms with Gasteiger partial charge in [-0.3, -0.25) is 4.79 Å². The maximum atomic E-state index is 13.2. The molecule has 2 N–H and O–H groups in total. The lowest BCUT2D eigenvalue weighted by Gasteiger charge is -2.20. The first-order valence-corrected chi connectivity index (χ1v) is 13.8. The van der Waals surface area contributed by atoms with Crippen molar-refractivity contribution in [3.63, 3.8) is 0 Å². The fourth-order valence-electron chi connectivity index (χ4n) is 4.86. The van der Waals surface area contributed by atoms with E-state index in [-0.39, 0.29) is 17.4 Å². The fourth-order valence-corrected chi connectivity index (χ4v) is 5.09. The largest absolute Gasteiger partial charge is 0.479 e. The van der Waals surface area contributed by atoms with Crippen LogP contribution in [-0.4, -0.2) is 27.7 Å². The Labute approximate surface area is 240 Å². The highest BCUT2D eigenvalue weighted by molar-refractivity contribution is 6.32. The number of benzene rings is 3. The van der Waals surface area contributed by atoms with Crippen LogP contribution in [0.25, 0.3) is 10.9 Å². The maximum Gasteiger partial charge on any atom is 0.344 e. The van der Waals surface area contributed by atoms with Gasteiger partial charge in [-0.1, -0.05) is 74.8 Å². The molecule has 0 fully saturated rings. The molecule has 1 amide bonds. The molecule has 1 aromatic heterocycles. The fraction of sp³-hybridized carbons (Fsp3) is 0.333. The van der Waals surface area contributed by atoms with Gasteiger partial charge in [0.25, 0.3) is 5.91 Å². The number of hydrogen-bond donors (Lipinski definition) is 2. The number of fused-ring (bicyclic) bond motifs is 1. The van der Waals surface area contributed by atoms with Gasteiger partial charge in [0.15, 0.2) is 6.10 Å². The molecule has 2 atom stereocenters. The number of aryl methyl sites for hydroxylation is 1. The number of aliphatic carboxylic acids is 1. The molecule has 4 aromatic rings. The van der Waals surface area contributed by atoms with Crippen molar-refractivity contribution in [2.75, 3.05) is 0 Å². The van der Waals surface area contributed by atoms with E-state index in [1.54, 1.807) is 6.07 Å².